The zero-order valence-corrected chi connectivity index (χ0v) is 22.9. The van der Waals surface area contributed by atoms with Crippen molar-refractivity contribution >= 4 is 28.5 Å². The van der Waals surface area contributed by atoms with Crippen LogP contribution in [0.5, 0.6) is 11.5 Å². The summed E-state index contributed by atoms with van der Waals surface area (Å²) in [6, 6.07) is 24.2. The molecule has 0 fully saturated rings. The summed E-state index contributed by atoms with van der Waals surface area (Å²) in [5, 5.41) is 9.87. The van der Waals surface area contributed by atoms with E-state index in [1.165, 1.54) is 0 Å². The van der Waals surface area contributed by atoms with Crippen molar-refractivity contribution in [2.45, 2.75) is 45.6 Å². The van der Waals surface area contributed by atoms with Crippen LogP contribution in [-0.4, -0.2) is 42.3 Å². The van der Waals surface area contributed by atoms with Gasteiger partial charge in [-0.05, 0) is 60.9 Å². The first-order valence-electron chi connectivity index (χ1n) is 13.3. The normalized spacial score (nSPS) is 10.9. The lowest BCUT2D eigenvalue weighted by molar-refractivity contribution is -0.137. The van der Waals surface area contributed by atoms with Crippen LogP contribution in [0.4, 0.5) is 5.69 Å². The lowest BCUT2D eigenvalue weighted by Crippen LogP contribution is -2.30. The minimum atomic E-state index is -0.773. The zero-order valence-electron chi connectivity index (χ0n) is 22.9. The molecule has 1 N–H and O–H groups in total. The number of anilines is 1. The van der Waals surface area contributed by atoms with Crippen LogP contribution in [0.2, 0.25) is 0 Å². The number of amides is 1. The maximum Gasteiger partial charge on any atom is 0.303 e. The second kappa shape index (κ2) is 13.0. The summed E-state index contributed by atoms with van der Waals surface area (Å²) in [7, 11) is 3.29. The second-order valence-corrected chi connectivity index (χ2v) is 9.61. The first-order chi connectivity index (χ1) is 18.9. The topological polar surface area (TPSA) is 81.0 Å². The molecule has 1 heterocycles. The van der Waals surface area contributed by atoms with E-state index in [1.54, 1.807) is 21.1 Å². The number of aromatic nitrogens is 1. The standard InChI is InChI=1S/C32H36N2O5/c1-23(35)33(20-10-5-4-9-13-30(36)37)32-28-21-27(39-3)18-19-29(28)34(22-24-11-7-6-8-12-24)31(32)25-14-16-26(38-2)17-15-25/h6-8,11-12,14-19,21H,4-5,9-10,13,20,22H2,1-3H3,(H,36,37). The van der Waals surface area contributed by atoms with E-state index in [9.17, 15) is 9.59 Å². The Bertz CT molecular complexity index is 1410. The second-order valence-electron chi connectivity index (χ2n) is 9.61. The van der Waals surface area contributed by atoms with E-state index in [2.05, 4.69) is 22.8 Å². The highest BCUT2D eigenvalue weighted by Crippen LogP contribution is 2.43. The first kappa shape index (κ1) is 27.8. The van der Waals surface area contributed by atoms with Crippen molar-refractivity contribution in [1.29, 1.82) is 0 Å². The molecule has 0 aliphatic heterocycles. The van der Waals surface area contributed by atoms with Gasteiger partial charge in [0.15, 0.2) is 0 Å². The molecule has 0 saturated carbocycles. The Morgan fingerprint density at radius 1 is 0.846 bits per heavy atom. The molecule has 0 spiro atoms. The van der Waals surface area contributed by atoms with Gasteiger partial charge in [-0.3, -0.25) is 9.59 Å². The van der Waals surface area contributed by atoms with Gasteiger partial charge in [-0.15, -0.1) is 0 Å². The summed E-state index contributed by atoms with van der Waals surface area (Å²) in [5.74, 6) is 0.665. The summed E-state index contributed by atoms with van der Waals surface area (Å²) in [6.45, 7) is 2.77. The first-order valence-corrected chi connectivity index (χ1v) is 13.3. The zero-order chi connectivity index (χ0) is 27.8. The molecule has 0 bridgehead atoms. The number of carbonyl (C=O) groups excluding carboxylic acids is 1. The van der Waals surface area contributed by atoms with Crippen molar-refractivity contribution in [2.75, 3.05) is 25.7 Å². The molecule has 3 aromatic carbocycles. The van der Waals surface area contributed by atoms with Gasteiger partial charge in [0.1, 0.15) is 11.5 Å². The number of ether oxygens (including phenoxy) is 2. The molecule has 0 atom stereocenters. The summed E-state index contributed by atoms with van der Waals surface area (Å²) in [5.41, 5.74) is 4.94. The van der Waals surface area contributed by atoms with Crippen LogP contribution in [-0.2, 0) is 16.1 Å². The predicted molar refractivity (Wildman–Crippen MR) is 155 cm³/mol. The molecular weight excluding hydrogens is 492 g/mol. The van der Waals surface area contributed by atoms with Gasteiger partial charge in [0.2, 0.25) is 5.91 Å². The lowest BCUT2D eigenvalue weighted by Gasteiger charge is -2.23. The number of aliphatic carboxylic acids is 1. The molecule has 1 aromatic heterocycles. The number of carboxylic acid groups (broad SMARTS) is 1. The predicted octanol–water partition coefficient (Wildman–Crippen LogP) is 6.76. The highest BCUT2D eigenvalue weighted by Gasteiger charge is 2.26. The maximum atomic E-state index is 13.2. The van der Waals surface area contributed by atoms with Crippen LogP contribution in [0.15, 0.2) is 72.8 Å². The summed E-state index contributed by atoms with van der Waals surface area (Å²) in [4.78, 5) is 25.9. The molecule has 0 aliphatic carbocycles. The smallest absolute Gasteiger partial charge is 0.303 e. The van der Waals surface area contributed by atoms with Crippen LogP contribution in [0, 0.1) is 0 Å². The van der Waals surface area contributed by atoms with Gasteiger partial charge < -0.3 is 24.0 Å². The number of fused-ring (bicyclic) bond motifs is 1. The Balaban J connectivity index is 1.85. The van der Waals surface area contributed by atoms with Crippen LogP contribution >= 0.6 is 0 Å². The van der Waals surface area contributed by atoms with Gasteiger partial charge in [0, 0.05) is 37.4 Å². The fourth-order valence-corrected chi connectivity index (χ4v) is 5.01. The van der Waals surface area contributed by atoms with E-state index >= 15 is 0 Å². The number of hydrogen-bond acceptors (Lipinski definition) is 4. The lowest BCUT2D eigenvalue weighted by atomic mass is 10.1. The van der Waals surface area contributed by atoms with E-state index in [1.807, 2.05) is 59.5 Å². The van der Waals surface area contributed by atoms with Crippen LogP contribution in [0.3, 0.4) is 0 Å². The Labute approximate surface area is 229 Å². The number of hydrogen-bond donors (Lipinski definition) is 1. The average molecular weight is 529 g/mol. The molecule has 7 heteroatoms. The Morgan fingerprint density at radius 3 is 2.15 bits per heavy atom. The van der Waals surface area contributed by atoms with Gasteiger partial charge >= 0.3 is 5.97 Å². The third kappa shape index (κ3) is 6.60. The van der Waals surface area contributed by atoms with Crippen LogP contribution in [0.25, 0.3) is 22.2 Å². The molecule has 0 aliphatic rings. The monoisotopic (exact) mass is 528 g/mol. The molecule has 7 nitrogen and oxygen atoms in total. The largest absolute Gasteiger partial charge is 0.497 e. The van der Waals surface area contributed by atoms with E-state index in [0.717, 1.165) is 64.2 Å². The van der Waals surface area contributed by atoms with E-state index < -0.39 is 5.97 Å². The fraction of sp³-hybridized carbons (Fsp3) is 0.312. The van der Waals surface area contributed by atoms with E-state index in [4.69, 9.17) is 14.6 Å². The number of carboxylic acids is 1. The number of unbranched alkanes of at least 4 members (excludes halogenated alkanes) is 3. The van der Waals surface area contributed by atoms with Crippen LogP contribution < -0.4 is 14.4 Å². The van der Waals surface area contributed by atoms with Gasteiger partial charge in [0.05, 0.1) is 31.1 Å². The molecule has 1 amide bonds. The minimum Gasteiger partial charge on any atom is -0.497 e. The van der Waals surface area contributed by atoms with Gasteiger partial charge in [0.25, 0.3) is 0 Å². The number of rotatable bonds is 13. The summed E-state index contributed by atoms with van der Waals surface area (Å²) < 4.78 is 13.3. The SMILES string of the molecule is COc1ccc(-c2c(N(CCCCCCC(=O)O)C(C)=O)c3cc(OC)ccc3n2Cc2ccccc2)cc1. The number of benzene rings is 3. The highest BCUT2D eigenvalue weighted by molar-refractivity contribution is 6.09. The number of methoxy groups -OCH3 is 2. The molecule has 0 saturated heterocycles. The average Bonchev–Trinajstić information content (AvgIpc) is 3.25. The quantitative estimate of drug-likeness (QED) is 0.194. The summed E-state index contributed by atoms with van der Waals surface area (Å²) in [6.07, 6.45) is 3.25. The molecule has 0 radical (unpaired) electrons. The van der Waals surface area contributed by atoms with E-state index in [0.29, 0.717) is 19.5 Å². The Morgan fingerprint density at radius 2 is 1.51 bits per heavy atom. The van der Waals surface area contributed by atoms with Crippen molar-refractivity contribution in [1.82, 2.24) is 4.57 Å². The van der Waals surface area contributed by atoms with Crippen LogP contribution in [0.1, 0.15) is 44.6 Å². The van der Waals surface area contributed by atoms with Crippen molar-refractivity contribution in [3.63, 3.8) is 0 Å². The number of nitrogens with zero attached hydrogens (tertiary/aromatic N) is 2. The van der Waals surface area contributed by atoms with Gasteiger partial charge in [-0.1, -0.05) is 43.2 Å². The Hall–Kier alpha value is -4.26. The van der Waals surface area contributed by atoms with Crippen molar-refractivity contribution in [3.05, 3.63) is 78.4 Å². The molecule has 204 valence electrons. The summed E-state index contributed by atoms with van der Waals surface area (Å²) >= 11 is 0. The fourth-order valence-electron chi connectivity index (χ4n) is 5.01. The third-order valence-electron chi connectivity index (χ3n) is 6.96. The molecule has 39 heavy (non-hydrogen) atoms. The third-order valence-corrected chi connectivity index (χ3v) is 6.96. The maximum absolute atomic E-state index is 13.2. The van der Waals surface area contributed by atoms with Gasteiger partial charge in [-0.2, -0.15) is 0 Å². The molecule has 0 unspecified atom stereocenters. The van der Waals surface area contributed by atoms with E-state index in [-0.39, 0.29) is 12.3 Å². The minimum absolute atomic E-state index is 0.0446. The van der Waals surface area contributed by atoms with Crippen molar-refractivity contribution in [3.8, 4) is 22.8 Å². The Kier molecular flexibility index (Phi) is 9.26. The molecule has 4 rings (SSSR count). The van der Waals surface area contributed by atoms with Crippen molar-refractivity contribution < 1.29 is 24.2 Å². The number of carbonyl (C=O) groups is 2. The highest BCUT2D eigenvalue weighted by atomic mass is 16.5. The van der Waals surface area contributed by atoms with Gasteiger partial charge in [-0.25, -0.2) is 0 Å². The molecular formula is C32H36N2O5. The molecule has 4 aromatic rings. The van der Waals surface area contributed by atoms with Crippen molar-refractivity contribution in [2.24, 2.45) is 0 Å².